The third-order valence-corrected chi connectivity index (χ3v) is 25.2. The molecule has 9 heterocycles. The van der Waals surface area contributed by atoms with Crippen molar-refractivity contribution in [1.82, 2.24) is 28.1 Å². The maximum Gasteiger partial charge on any atom is 0.335 e. The number of carboxylic acid groups (broad SMARTS) is 1. The number of para-hydroxylation sites is 1. The number of aromatic carboxylic acids is 1. The Morgan fingerprint density at radius 2 is 0.802 bits per heavy atom. The number of azo groups is 3. The zero-order chi connectivity index (χ0) is 79.9. The van der Waals surface area contributed by atoms with Gasteiger partial charge in [0.25, 0.3) is 0 Å². The Kier molecular flexibility index (Phi) is 28.2. The van der Waals surface area contributed by atoms with Crippen molar-refractivity contribution in [1.29, 1.82) is 0 Å². The molecule has 3 aromatic carbocycles. The molecule has 0 unspecified atom stereocenters. The minimum Gasteiger partial charge on any atom is -0.496 e. The summed E-state index contributed by atoms with van der Waals surface area (Å²) in [7, 11) is 1.63. The van der Waals surface area contributed by atoms with Gasteiger partial charge in [0.2, 0.25) is 17.1 Å². The number of carbonyl (C=O) groups excluding carboxylic acids is 3. The van der Waals surface area contributed by atoms with Crippen LogP contribution in [0.4, 0.5) is 62.5 Å². The highest BCUT2D eigenvalue weighted by Crippen LogP contribution is 2.49. The standard InChI is InChI=1S/C26H28N6O4S2.C26H30N6O3S2.C25H27ClN6O2S2/c1-6-26(3,4)24(35)36-18-11-13-32(14-12-18)25-28-20(16-7-9-17(10-8-16)23(33)34)21(37-25)29-30-22-19(27-5)15(2)31-38-22;1-7-26(3,4)24(33)35-17-12-14-32(15-13-17)25-28-21(18-10-8-9-11-19(18)34-6)22(36-25)29-30-23-20(27-5)16(2)31-37-23;1-6-25(3,4)23(33)34-16-11-13-32(14-12-16)24-28-20(17-9-7-8-10-18(17)26)21(35-24)29-30-22-19(27-5)15(2)31-36-22/h7-10,18H,6,11-14H2,1-4H3,(H,33,34);8-11,17H,7,12-15H2,1-4,6H3;7-10,16H,6,11-14H2,1-4H3. The molecule has 27 nitrogen and oxygen atoms in total. The highest BCUT2D eigenvalue weighted by Gasteiger charge is 2.36. The summed E-state index contributed by atoms with van der Waals surface area (Å²) in [4.78, 5) is 80.6. The first kappa shape index (κ1) is 83.5. The van der Waals surface area contributed by atoms with Gasteiger partial charge in [-0.25, -0.2) is 47.4 Å². The summed E-state index contributed by atoms with van der Waals surface area (Å²) in [5, 5.41) is 41.8. The maximum absolute atomic E-state index is 12.5. The second kappa shape index (κ2) is 37.4. The number of aryl methyl sites for hydroxylation is 3. The van der Waals surface area contributed by atoms with Crippen molar-refractivity contribution < 1.29 is 43.2 Å². The highest BCUT2D eigenvalue weighted by molar-refractivity contribution is 7.20. The number of hydrogen-bond donors (Lipinski definition) is 1. The molecule has 580 valence electrons. The van der Waals surface area contributed by atoms with Crippen molar-refractivity contribution in [2.75, 3.05) is 61.1 Å². The summed E-state index contributed by atoms with van der Waals surface area (Å²) >= 11 is 14.1. The van der Waals surface area contributed by atoms with E-state index in [4.69, 9.17) is 65.2 Å². The lowest BCUT2D eigenvalue weighted by Gasteiger charge is -2.33. The van der Waals surface area contributed by atoms with Gasteiger partial charge in [-0.05, 0) is 147 Å². The minimum atomic E-state index is -1.01. The lowest BCUT2D eigenvalue weighted by Crippen LogP contribution is -2.39. The second-order valence-electron chi connectivity index (χ2n) is 28.2. The molecule has 0 spiro atoms. The fourth-order valence-corrected chi connectivity index (χ4v) is 16.2. The number of carboxylic acids is 1. The van der Waals surface area contributed by atoms with Crippen LogP contribution in [0.1, 0.15) is 148 Å². The number of nitrogens with zero attached hydrogens (tertiary/aromatic N) is 18. The summed E-state index contributed by atoms with van der Waals surface area (Å²) in [6, 6.07) is 21.6. The molecule has 3 aliphatic rings. The fourth-order valence-electron chi connectivity index (χ4n) is 11.1. The van der Waals surface area contributed by atoms with Crippen molar-refractivity contribution in [2.45, 2.75) is 159 Å². The number of halogens is 1. The second-order valence-corrected chi connectivity index (χ2v) is 33.7. The monoisotopic (exact) mass is 1630 g/mol. The van der Waals surface area contributed by atoms with Gasteiger partial charge >= 0.3 is 23.9 Å². The number of anilines is 3. The molecule has 0 bridgehead atoms. The summed E-state index contributed by atoms with van der Waals surface area (Å²) in [6.07, 6.45) is 6.21. The number of carbonyl (C=O) groups is 4. The van der Waals surface area contributed by atoms with Gasteiger partial charge in [0.05, 0.1) is 70.7 Å². The van der Waals surface area contributed by atoms with Crippen molar-refractivity contribution in [2.24, 2.45) is 46.9 Å². The molecule has 0 aliphatic carbocycles. The SMILES string of the molecule is [C-]#[N+]c1c(C)nsc1N=Nc1sc(N2CCC(OC(=O)C(C)(C)CC)CC2)nc1-c1ccc(C(=O)O)cc1.[C-]#[N+]c1c(C)nsc1N=Nc1sc(N2CCC(OC(=O)C(C)(C)CC)CC2)nc1-c1ccccc1Cl.[C-]#[N+]c1c(C)nsc1N=Nc1sc(N2CCC(OC(=O)C(C)(C)CC)CC2)nc1-c1ccccc1OC. The molecule has 0 radical (unpaired) electrons. The van der Waals surface area contributed by atoms with Crippen LogP contribution in [-0.4, -0.2) is 122 Å². The molecule has 1 N–H and O–H groups in total. The third kappa shape index (κ3) is 20.4. The Bertz CT molecular complexity index is 5030. The van der Waals surface area contributed by atoms with E-state index in [1.807, 2.05) is 111 Å². The predicted molar refractivity (Wildman–Crippen MR) is 439 cm³/mol. The van der Waals surface area contributed by atoms with E-state index in [0.29, 0.717) is 137 Å². The van der Waals surface area contributed by atoms with Crippen LogP contribution in [0.15, 0.2) is 103 Å². The number of methoxy groups -OCH3 is 1. The van der Waals surface area contributed by atoms with E-state index in [-0.39, 0.29) is 41.8 Å². The van der Waals surface area contributed by atoms with Crippen LogP contribution in [0, 0.1) is 56.7 Å². The summed E-state index contributed by atoms with van der Waals surface area (Å²) < 4.78 is 35.6. The first-order valence-electron chi connectivity index (χ1n) is 36.0. The van der Waals surface area contributed by atoms with Gasteiger partial charge in [0, 0.05) is 94.5 Å². The number of esters is 3. The first-order valence-corrected chi connectivity index (χ1v) is 41.2. The van der Waals surface area contributed by atoms with E-state index in [2.05, 4.69) is 73.0 Å². The van der Waals surface area contributed by atoms with Gasteiger partial charge in [-0.3, -0.25) is 14.4 Å². The van der Waals surface area contributed by atoms with E-state index >= 15 is 0 Å². The molecule has 3 aliphatic heterocycles. The first-order chi connectivity index (χ1) is 53.1. The van der Waals surface area contributed by atoms with Crippen LogP contribution in [0.5, 0.6) is 5.75 Å². The van der Waals surface area contributed by atoms with Gasteiger partial charge in [-0.2, -0.15) is 0 Å². The molecule has 12 rings (SSSR count). The smallest absolute Gasteiger partial charge is 0.335 e. The molecule has 3 fully saturated rings. The summed E-state index contributed by atoms with van der Waals surface area (Å²) in [5.74, 6) is -0.761. The average Bonchev–Trinajstić information content (AvgIpc) is 1.67. The third-order valence-electron chi connectivity index (χ3n) is 19.4. The van der Waals surface area contributed by atoms with Gasteiger partial charge in [0.15, 0.2) is 45.4 Å². The highest BCUT2D eigenvalue weighted by atomic mass is 35.5. The van der Waals surface area contributed by atoms with Crippen LogP contribution in [0.25, 0.3) is 48.3 Å². The lowest BCUT2D eigenvalue weighted by molar-refractivity contribution is -0.161. The van der Waals surface area contributed by atoms with Crippen molar-refractivity contribution >= 4 is 167 Å². The van der Waals surface area contributed by atoms with Crippen molar-refractivity contribution in [3.63, 3.8) is 0 Å². The summed E-state index contributed by atoms with van der Waals surface area (Å²) in [5.41, 5.74) is 6.04. The average molecular weight is 1630 g/mol. The Balaban J connectivity index is 0.000000177. The van der Waals surface area contributed by atoms with Crippen LogP contribution in [0.2, 0.25) is 5.02 Å². The topological polar surface area (TPSA) is 300 Å². The molecule has 9 aromatic rings. The molecule has 111 heavy (non-hydrogen) atoms. The van der Waals surface area contributed by atoms with Crippen molar-refractivity contribution in [3.05, 3.63) is 135 Å². The number of ether oxygens (including phenoxy) is 4. The Morgan fingerprint density at radius 3 is 1.14 bits per heavy atom. The largest absolute Gasteiger partial charge is 0.496 e. The molecule has 0 amide bonds. The summed E-state index contributed by atoms with van der Waals surface area (Å²) in [6.45, 7) is 49.2. The number of piperidine rings is 3. The minimum absolute atomic E-state index is 0.0935. The number of aromatic nitrogens is 6. The normalized spacial score (nSPS) is 14.7. The quantitative estimate of drug-likeness (QED) is 0.0269. The molecular weight excluding hydrogens is 1550 g/mol. The molecule has 0 saturated carbocycles. The Labute approximate surface area is 674 Å². The van der Waals surface area contributed by atoms with Crippen LogP contribution in [0.3, 0.4) is 0 Å². The number of rotatable bonds is 23. The van der Waals surface area contributed by atoms with E-state index in [1.54, 1.807) is 40.0 Å². The van der Waals surface area contributed by atoms with E-state index in [9.17, 15) is 24.3 Å². The van der Waals surface area contributed by atoms with Gasteiger partial charge in [-0.15, -0.1) is 30.7 Å². The number of hydrogen-bond acceptors (Lipinski definition) is 29. The molecule has 3 saturated heterocycles. The predicted octanol–water partition coefficient (Wildman–Crippen LogP) is 22.8. The molecular formula is C77H85ClN18O9S6. The van der Waals surface area contributed by atoms with E-state index in [1.165, 1.54) is 46.1 Å². The molecule has 6 aromatic heterocycles. The van der Waals surface area contributed by atoms with Crippen LogP contribution in [-0.2, 0) is 28.6 Å². The van der Waals surface area contributed by atoms with Gasteiger partial charge < -0.3 is 38.8 Å². The Morgan fingerprint density at radius 1 is 0.486 bits per heavy atom. The lowest BCUT2D eigenvalue weighted by atomic mass is 9.90. The molecule has 34 heteroatoms. The maximum atomic E-state index is 12.5. The van der Waals surface area contributed by atoms with Crippen LogP contribution >= 0.6 is 80.2 Å². The number of thiazole rings is 3. The van der Waals surface area contributed by atoms with E-state index < -0.39 is 22.2 Å². The molecule has 0 atom stereocenters. The van der Waals surface area contributed by atoms with Crippen LogP contribution < -0.4 is 19.4 Å². The zero-order valence-electron chi connectivity index (χ0n) is 63.9. The van der Waals surface area contributed by atoms with E-state index in [0.717, 1.165) is 119 Å². The van der Waals surface area contributed by atoms with Gasteiger partial charge in [0.1, 0.15) is 41.1 Å². The zero-order valence-corrected chi connectivity index (χ0v) is 69.5. The van der Waals surface area contributed by atoms with Gasteiger partial charge in [-0.1, -0.05) is 109 Å². The Hall–Kier alpha value is -9.92. The van der Waals surface area contributed by atoms with Crippen molar-refractivity contribution in [3.8, 4) is 39.5 Å². The number of benzene rings is 3. The fraction of sp³-hybridized carbons (Fsp3) is 0.442.